The Bertz CT molecular complexity index is 396. The average molecular weight is 267 g/mol. The van der Waals surface area contributed by atoms with E-state index in [-0.39, 0.29) is 0 Å². The minimum atomic E-state index is -0.813. The van der Waals surface area contributed by atoms with E-state index in [0.29, 0.717) is 10.9 Å². The highest BCUT2D eigenvalue weighted by Crippen LogP contribution is 2.25. The summed E-state index contributed by atoms with van der Waals surface area (Å²) < 4.78 is 0. The summed E-state index contributed by atoms with van der Waals surface area (Å²) in [4.78, 5) is 15.0. The van der Waals surface area contributed by atoms with Gasteiger partial charge in [-0.15, -0.1) is 11.3 Å². The van der Waals surface area contributed by atoms with Gasteiger partial charge in [0, 0.05) is 17.5 Å². The highest BCUT2D eigenvalue weighted by Gasteiger charge is 2.20. The molecule has 0 spiro atoms. The van der Waals surface area contributed by atoms with Crippen LogP contribution < -0.4 is 0 Å². The van der Waals surface area contributed by atoms with Gasteiger partial charge in [0.25, 0.3) is 0 Å². The van der Waals surface area contributed by atoms with E-state index in [1.165, 1.54) is 48.3 Å². The standard InChI is InChI=1S/C14H21NO2S/c1-2-15(11-6-4-3-5-7-11)10-12-8-9-13(18-12)14(16)17/h8-9,11H,2-7,10H2,1H3,(H,16,17). The quantitative estimate of drug-likeness (QED) is 0.886. The van der Waals surface area contributed by atoms with Gasteiger partial charge in [0.05, 0.1) is 0 Å². The molecule has 0 aromatic carbocycles. The second-order valence-electron chi connectivity index (χ2n) is 4.93. The lowest BCUT2D eigenvalue weighted by atomic mass is 9.94. The van der Waals surface area contributed by atoms with Crippen LogP contribution in [0.5, 0.6) is 0 Å². The lowest BCUT2D eigenvalue weighted by Crippen LogP contribution is -2.35. The van der Waals surface area contributed by atoms with Crippen LogP contribution in [-0.4, -0.2) is 28.6 Å². The second-order valence-corrected chi connectivity index (χ2v) is 6.09. The average Bonchev–Trinajstić information content (AvgIpc) is 2.86. The maximum atomic E-state index is 10.9. The van der Waals surface area contributed by atoms with Gasteiger partial charge in [0.2, 0.25) is 0 Å². The van der Waals surface area contributed by atoms with Gasteiger partial charge >= 0.3 is 5.97 Å². The first kappa shape index (κ1) is 13.6. The summed E-state index contributed by atoms with van der Waals surface area (Å²) in [7, 11) is 0. The normalized spacial score (nSPS) is 17.2. The van der Waals surface area contributed by atoms with E-state index in [0.717, 1.165) is 13.1 Å². The van der Waals surface area contributed by atoms with Crippen LogP contribution in [0, 0.1) is 0 Å². The fourth-order valence-electron chi connectivity index (χ4n) is 2.72. The molecule has 1 aromatic rings. The van der Waals surface area contributed by atoms with E-state index >= 15 is 0 Å². The molecule has 1 N–H and O–H groups in total. The lowest BCUT2D eigenvalue weighted by Gasteiger charge is -2.33. The van der Waals surface area contributed by atoms with Crippen LogP contribution >= 0.6 is 11.3 Å². The summed E-state index contributed by atoms with van der Waals surface area (Å²) in [6.07, 6.45) is 6.64. The maximum absolute atomic E-state index is 10.9. The molecule has 1 fully saturated rings. The van der Waals surface area contributed by atoms with Crippen LogP contribution in [0.15, 0.2) is 12.1 Å². The van der Waals surface area contributed by atoms with Crippen molar-refractivity contribution >= 4 is 17.3 Å². The van der Waals surface area contributed by atoms with Crippen LogP contribution in [-0.2, 0) is 6.54 Å². The van der Waals surface area contributed by atoms with Crippen molar-refractivity contribution in [1.29, 1.82) is 0 Å². The van der Waals surface area contributed by atoms with Gasteiger partial charge in [-0.2, -0.15) is 0 Å². The van der Waals surface area contributed by atoms with Gasteiger partial charge in [0.15, 0.2) is 0 Å². The van der Waals surface area contributed by atoms with E-state index in [1.807, 2.05) is 6.07 Å². The molecule has 1 aromatic heterocycles. The molecule has 0 atom stereocenters. The van der Waals surface area contributed by atoms with E-state index in [1.54, 1.807) is 6.07 Å². The first-order chi connectivity index (χ1) is 8.70. The van der Waals surface area contributed by atoms with Gasteiger partial charge in [-0.25, -0.2) is 4.79 Å². The Morgan fingerprint density at radius 1 is 1.39 bits per heavy atom. The fourth-order valence-corrected chi connectivity index (χ4v) is 3.60. The Balaban J connectivity index is 1.97. The molecule has 0 bridgehead atoms. The molecule has 0 saturated heterocycles. The van der Waals surface area contributed by atoms with Gasteiger partial charge in [-0.1, -0.05) is 26.2 Å². The Kier molecular flexibility index (Phi) is 4.78. The molecule has 2 rings (SSSR count). The smallest absolute Gasteiger partial charge is 0.345 e. The molecular weight excluding hydrogens is 246 g/mol. The number of rotatable bonds is 5. The van der Waals surface area contributed by atoms with Crippen LogP contribution in [0.25, 0.3) is 0 Å². The molecule has 1 aliphatic carbocycles. The summed E-state index contributed by atoms with van der Waals surface area (Å²) in [5, 5.41) is 8.93. The number of carboxylic acids is 1. The topological polar surface area (TPSA) is 40.5 Å². The Morgan fingerprint density at radius 2 is 2.11 bits per heavy atom. The van der Waals surface area contributed by atoms with Gasteiger partial charge < -0.3 is 5.11 Å². The predicted molar refractivity (Wildman–Crippen MR) is 74.2 cm³/mol. The van der Waals surface area contributed by atoms with Gasteiger partial charge in [0.1, 0.15) is 4.88 Å². The van der Waals surface area contributed by atoms with Crippen LogP contribution in [0.3, 0.4) is 0 Å². The first-order valence-electron chi connectivity index (χ1n) is 6.76. The molecule has 18 heavy (non-hydrogen) atoms. The van der Waals surface area contributed by atoms with Crippen molar-refractivity contribution in [2.24, 2.45) is 0 Å². The Morgan fingerprint density at radius 3 is 2.67 bits per heavy atom. The highest BCUT2D eigenvalue weighted by molar-refractivity contribution is 7.13. The zero-order valence-electron chi connectivity index (χ0n) is 10.9. The van der Waals surface area contributed by atoms with Crippen molar-refractivity contribution in [2.45, 2.75) is 51.6 Å². The van der Waals surface area contributed by atoms with Crippen LogP contribution in [0.4, 0.5) is 0 Å². The number of carboxylic acid groups (broad SMARTS) is 1. The summed E-state index contributed by atoms with van der Waals surface area (Å²) in [6.45, 7) is 4.14. The van der Waals surface area contributed by atoms with Gasteiger partial charge in [-0.3, -0.25) is 4.90 Å². The predicted octanol–water partition coefficient (Wildman–Crippen LogP) is 3.60. The third-order valence-electron chi connectivity index (χ3n) is 3.73. The molecule has 1 heterocycles. The van der Waals surface area contributed by atoms with Crippen molar-refractivity contribution in [1.82, 2.24) is 4.90 Å². The number of hydrogen-bond donors (Lipinski definition) is 1. The maximum Gasteiger partial charge on any atom is 0.345 e. The van der Waals surface area contributed by atoms with Crippen LogP contribution in [0.1, 0.15) is 53.6 Å². The number of thiophene rings is 1. The highest BCUT2D eigenvalue weighted by atomic mass is 32.1. The van der Waals surface area contributed by atoms with Gasteiger partial charge in [-0.05, 0) is 31.5 Å². The molecular formula is C14H21NO2S. The molecule has 1 aliphatic rings. The monoisotopic (exact) mass is 267 g/mol. The molecule has 100 valence electrons. The number of nitrogens with zero attached hydrogens (tertiary/aromatic N) is 1. The summed E-state index contributed by atoms with van der Waals surface area (Å²) >= 11 is 1.41. The Labute approximate surface area is 112 Å². The third-order valence-corrected chi connectivity index (χ3v) is 4.79. The SMILES string of the molecule is CCN(Cc1ccc(C(=O)O)s1)C1CCCCC1. The van der Waals surface area contributed by atoms with E-state index in [4.69, 9.17) is 5.11 Å². The van der Waals surface area contributed by atoms with Crippen molar-refractivity contribution < 1.29 is 9.90 Å². The largest absolute Gasteiger partial charge is 0.477 e. The molecule has 0 radical (unpaired) electrons. The van der Waals surface area contributed by atoms with Crippen molar-refractivity contribution in [3.63, 3.8) is 0 Å². The minimum Gasteiger partial charge on any atom is -0.477 e. The number of hydrogen-bond acceptors (Lipinski definition) is 3. The Hall–Kier alpha value is -0.870. The fraction of sp³-hybridized carbons (Fsp3) is 0.643. The van der Waals surface area contributed by atoms with Crippen molar-refractivity contribution in [2.75, 3.05) is 6.54 Å². The minimum absolute atomic E-state index is 0.449. The van der Waals surface area contributed by atoms with E-state index in [2.05, 4.69) is 11.8 Å². The summed E-state index contributed by atoms with van der Waals surface area (Å²) in [6, 6.07) is 4.37. The second kappa shape index (κ2) is 6.34. The molecule has 0 unspecified atom stereocenters. The molecule has 0 aliphatic heterocycles. The summed E-state index contributed by atoms with van der Waals surface area (Å²) in [5.41, 5.74) is 0. The zero-order chi connectivity index (χ0) is 13.0. The van der Waals surface area contributed by atoms with Crippen molar-refractivity contribution in [3.05, 3.63) is 21.9 Å². The first-order valence-corrected chi connectivity index (χ1v) is 7.58. The molecule has 3 nitrogen and oxygen atoms in total. The molecule has 4 heteroatoms. The molecule has 1 saturated carbocycles. The van der Waals surface area contributed by atoms with Crippen LogP contribution in [0.2, 0.25) is 0 Å². The third kappa shape index (κ3) is 3.33. The summed E-state index contributed by atoms with van der Waals surface area (Å²) in [5.74, 6) is -0.813. The van der Waals surface area contributed by atoms with E-state index in [9.17, 15) is 4.79 Å². The lowest BCUT2D eigenvalue weighted by molar-refractivity contribution is 0.0702. The number of carbonyl (C=O) groups is 1. The molecule has 0 amide bonds. The van der Waals surface area contributed by atoms with E-state index < -0.39 is 5.97 Å². The zero-order valence-corrected chi connectivity index (χ0v) is 11.7. The van der Waals surface area contributed by atoms with Crippen molar-refractivity contribution in [3.8, 4) is 0 Å². The number of aromatic carboxylic acids is 1.